The lowest BCUT2D eigenvalue weighted by Gasteiger charge is -2.36. The number of piperidine rings is 1. The molecule has 2 N–H and O–H groups in total. The third-order valence-electron chi connectivity index (χ3n) is 6.97. The number of fused-ring (bicyclic) bond motifs is 3. The Hall–Kier alpha value is -2.62. The zero-order valence-electron chi connectivity index (χ0n) is 20.8. The van der Waals surface area contributed by atoms with E-state index in [0.29, 0.717) is 18.3 Å². The Balaban J connectivity index is 1.49. The van der Waals surface area contributed by atoms with E-state index in [2.05, 4.69) is 17.0 Å². The third kappa shape index (κ3) is 7.21. The fourth-order valence-corrected chi connectivity index (χ4v) is 6.50. The van der Waals surface area contributed by atoms with Crippen LogP contribution in [0.2, 0.25) is 0 Å². The van der Waals surface area contributed by atoms with E-state index in [-0.39, 0.29) is 24.7 Å². The summed E-state index contributed by atoms with van der Waals surface area (Å²) in [4.78, 5) is 13.7. The van der Waals surface area contributed by atoms with E-state index in [1.807, 2.05) is 12.1 Å². The van der Waals surface area contributed by atoms with Crippen LogP contribution >= 0.6 is 0 Å². The Morgan fingerprint density at radius 3 is 2.50 bits per heavy atom. The van der Waals surface area contributed by atoms with E-state index in [0.717, 1.165) is 44.5 Å². The second-order valence-corrected chi connectivity index (χ2v) is 11.5. The van der Waals surface area contributed by atoms with Gasteiger partial charge >= 0.3 is 0 Å². The smallest absolute Gasteiger partial charge is 0.255 e. The van der Waals surface area contributed by atoms with Gasteiger partial charge in [0, 0.05) is 19.1 Å². The van der Waals surface area contributed by atoms with Crippen molar-refractivity contribution in [1.29, 1.82) is 0 Å². The van der Waals surface area contributed by atoms with E-state index in [1.165, 1.54) is 41.3 Å². The number of sulfonamides is 1. The van der Waals surface area contributed by atoms with Gasteiger partial charge in [-0.1, -0.05) is 18.6 Å². The molecule has 8 nitrogen and oxygen atoms in total. The number of carbonyl (C=O) groups is 1. The van der Waals surface area contributed by atoms with Crippen LogP contribution in [0.25, 0.3) is 0 Å². The van der Waals surface area contributed by atoms with Crippen molar-refractivity contribution in [2.75, 3.05) is 39.4 Å². The predicted molar refractivity (Wildman–Crippen MR) is 139 cm³/mol. The molecule has 1 unspecified atom stereocenters. The predicted octanol–water partition coefficient (Wildman–Crippen LogP) is 3.20. The van der Waals surface area contributed by atoms with Gasteiger partial charge in [-0.15, -0.1) is 0 Å². The van der Waals surface area contributed by atoms with E-state index in [1.54, 1.807) is 12.1 Å². The largest absolute Gasteiger partial charge is 0.492 e. The average Bonchev–Trinajstić information content (AvgIpc) is 2.88. The van der Waals surface area contributed by atoms with Gasteiger partial charge in [0.15, 0.2) is 6.61 Å². The minimum Gasteiger partial charge on any atom is -0.492 e. The molecule has 2 heterocycles. The molecule has 36 heavy (non-hydrogen) atoms. The van der Waals surface area contributed by atoms with Crippen LogP contribution in [0.3, 0.4) is 0 Å². The number of amides is 1. The van der Waals surface area contributed by atoms with Gasteiger partial charge in [0.2, 0.25) is 10.0 Å². The zero-order chi connectivity index (χ0) is 25.4. The lowest BCUT2D eigenvalue weighted by atomic mass is 9.95. The van der Waals surface area contributed by atoms with E-state index >= 15 is 0 Å². The maximum atomic E-state index is 13.5. The van der Waals surface area contributed by atoms with Gasteiger partial charge in [0.1, 0.15) is 18.1 Å². The van der Waals surface area contributed by atoms with Crippen LogP contribution in [0.15, 0.2) is 53.4 Å². The molecule has 4 rings (SSSR count). The van der Waals surface area contributed by atoms with E-state index in [4.69, 9.17) is 15.2 Å². The van der Waals surface area contributed by atoms with Crippen LogP contribution in [-0.2, 0) is 21.2 Å². The second-order valence-electron chi connectivity index (χ2n) is 9.56. The van der Waals surface area contributed by atoms with Gasteiger partial charge < -0.3 is 20.1 Å². The first-order chi connectivity index (χ1) is 17.4. The van der Waals surface area contributed by atoms with Crippen molar-refractivity contribution < 1.29 is 22.7 Å². The van der Waals surface area contributed by atoms with Crippen LogP contribution in [0, 0.1) is 0 Å². The first-order valence-electron chi connectivity index (χ1n) is 12.9. The second kappa shape index (κ2) is 12.6. The summed E-state index contributed by atoms with van der Waals surface area (Å²) in [5, 5.41) is 0. The molecule has 1 amide bonds. The Labute approximate surface area is 214 Å². The Bertz CT molecular complexity index is 1110. The SMILES string of the molecule is NC(=O)COc1ccc(S(=O)(=O)N2CCCCN3CCCCC3CCc3cccc(c3)OCC2)cc1. The summed E-state index contributed by atoms with van der Waals surface area (Å²) in [6, 6.07) is 14.8. The molecule has 0 aromatic heterocycles. The Kier molecular flexibility index (Phi) is 9.23. The van der Waals surface area contributed by atoms with Crippen LogP contribution in [0.5, 0.6) is 11.5 Å². The van der Waals surface area contributed by atoms with Crippen LogP contribution in [0.4, 0.5) is 0 Å². The summed E-state index contributed by atoms with van der Waals surface area (Å²) in [5.41, 5.74) is 6.37. The van der Waals surface area contributed by atoms with Crippen LogP contribution in [-0.4, -0.2) is 69.0 Å². The lowest BCUT2D eigenvalue weighted by molar-refractivity contribution is -0.119. The van der Waals surface area contributed by atoms with Crippen LogP contribution in [0.1, 0.15) is 44.1 Å². The number of hydrogen-bond donors (Lipinski definition) is 1. The maximum Gasteiger partial charge on any atom is 0.255 e. The van der Waals surface area contributed by atoms with Crippen molar-refractivity contribution in [1.82, 2.24) is 9.21 Å². The van der Waals surface area contributed by atoms with Gasteiger partial charge in [-0.25, -0.2) is 8.42 Å². The number of carbonyl (C=O) groups excluding carboxylic acids is 1. The number of hydrogen-bond acceptors (Lipinski definition) is 6. The number of aryl methyl sites for hydroxylation is 1. The highest BCUT2D eigenvalue weighted by Gasteiger charge is 2.26. The Morgan fingerprint density at radius 2 is 1.72 bits per heavy atom. The van der Waals surface area contributed by atoms with Crippen molar-refractivity contribution in [3.05, 3.63) is 54.1 Å². The average molecular weight is 516 g/mol. The molecule has 0 radical (unpaired) electrons. The van der Waals surface area contributed by atoms with Gasteiger partial charge in [0.25, 0.3) is 5.91 Å². The number of nitrogens with zero attached hydrogens (tertiary/aromatic N) is 2. The third-order valence-corrected chi connectivity index (χ3v) is 8.88. The first-order valence-corrected chi connectivity index (χ1v) is 14.3. The summed E-state index contributed by atoms with van der Waals surface area (Å²) >= 11 is 0. The molecule has 2 bridgehead atoms. The van der Waals surface area contributed by atoms with Gasteiger partial charge in [-0.2, -0.15) is 4.31 Å². The minimum atomic E-state index is -3.72. The van der Waals surface area contributed by atoms with Crippen molar-refractivity contribution >= 4 is 15.9 Å². The van der Waals surface area contributed by atoms with Crippen LogP contribution < -0.4 is 15.2 Å². The molecule has 2 aliphatic heterocycles. The van der Waals surface area contributed by atoms with Gasteiger partial charge in [-0.3, -0.25) is 4.79 Å². The summed E-state index contributed by atoms with van der Waals surface area (Å²) in [5.74, 6) is 0.579. The highest BCUT2D eigenvalue weighted by atomic mass is 32.2. The number of nitrogens with two attached hydrogens (primary N) is 1. The zero-order valence-corrected chi connectivity index (χ0v) is 21.6. The van der Waals surface area contributed by atoms with Crippen molar-refractivity contribution in [3.63, 3.8) is 0 Å². The molecule has 2 aromatic rings. The highest BCUT2D eigenvalue weighted by molar-refractivity contribution is 7.89. The molecule has 1 fully saturated rings. The lowest BCUT2D eigenvalue weighted by Crippen LogP contribution is -2.40. The van der Waals surface area contributed by atoms with Gasteiger partial charge in [-0.05, 0) is 93.6 Å². The van der Waals surface area contributed by atoms with E-state index in [9.17, 15) is 13.2 Å². The molecule has 196 valence electrons. The summed E-state index contributed by atoms with van der Waals surface area (Å²) in [6.45, 7) is 2.84. The molecule has 9 heteroatoms. The minimum absolute atomic E-state index is 0.185. The van der Waals surface area contributed by atoms with Crippen molar-refractivity contribution in [2.45, 2.75) is 55.9 Å². The molecule has 2 aliphatic rings. The molecular formula is C27H37N3O5S. The summed E-state index contributed by atoms with van der Waals surface area (Å²) < 4.78 is 39.8. The van der Waals surface area contributed by atoms with E-state index < -0.39 is 15.9 Å². The molecule has 0 spiro atoms. The fraction of sp³-hybridized carbons (Fsp3) is 0.519. The standard InChI is InChI=1S/C27H37N3O5S/c28-27(31)21-35-24-11-13-26(14-12-24)36(32,33)30-17-4-3-16-29-15-2-1-7-23(29)10-9-22-6-5-8-25(20-22)34-19-18-30/h5-6,8,11-14,20,23H,1-4,7,9-10,15-19,21H2,(H2,28,31). The maximum absolute atomic E-state index is 13.5. The molecule has 1 atom stereocenters. The summed E-state index contributed by atoms with van der Waals surface area (Å²) in [7, 11) is -3.72. The highest BCUT2D eigenvalue weighted by Crippen LogP contribution is 2.25. The normalized spacial score (nSPS) is 20.8. The number of benzene rings is 2. The number of rotatable bonds is 5. The topological polar surface area (TPSA) is 102 Å². The van der Waals surface area contributed by atoms with Crippen molar-refractivity contribution in [3.8, 4) is 11.5 Å². The molecule has 0 saturated carbocycles. The molecule has 0 aliphatic carbocycles. The molecular weight excluding hydrogens is 478 g/mol. The summed E-state index contributed by atoms with van der Waals surface area (Å²) in [6.07, 6.45) is 7.66. The quantitative estimate of drug-likeness (QED) is 0.656. The molecule has 2 aromatic carbocycles. The first kappa shape index (κ1) is 26.4. The fourth-order valence-electron chi connectivity index (χ4n) is 5.04. The number of ether oxygens (including phenoxy) is 2. The monoisotopic (exact) mass is 515 g/mol. The Morgan fingerprint density at radius 1 is 0.972 bits per heavy atom. The molecule has 1 saturated heterocycles. The number of primary amides is 1. The van der Waals surface area contributed by atoms with Crippen molar-refractivity contribution in [2.24, 2.45) is 5.73 Å². The van der Waals surface area contributed by atoms with Gasteiger partial charge in [0.05, 0.1) is 4.90 Å².